The van der Waals surface area contributed by atoms with Crippen LogP contribution in [0.5, 0.6) is 5.75 Å². The molecule has 2 N–H and O–H groups in total. The van der Waals surface area contributed by atoms with Gasteiger partial charge in [0.1, 0.15) is 0 Å². The number of aromatic amines is 1. The normalized spacial score (nSPS) is 14.6. The molecule has 0 bridgehead atoms. The van der Waals surface area contributed by atoms with Crippen molar-refractivity contribution in [2.45, 2.75) is 6.42 Å². The van der Waals surface area contributed by atoms with Crippen LogP contribution in [0.15, 0.2) is 24.4 Å². The molecular weight excluding hydrogens is 449 g/mol. The Hall–Kier alpha value is -3.18. The van der Waals surface area contributed by atoms with Gasteiger partial charge in [0.25, 0.3) is 5.91 Å². The van der Waals surface area contributed by atoms with Gasteiger partial charge in [0.2, 0.25) is 29.1 Å². The first-order valence-corrected chi connectivity index (χ1v) is 10.2. The molecule has 0 spiro atoms. The highest BCUT2D eigenvalue weighted by molar-refractivity contribution is 5.95. The van der Waals surface area contributed by atoms with Crippen molar-refractivity contribution in [3.05, 3.63) is 59.0 Å². The molecule has 0 saturated carbocycles. The Morgan fingerprint density at radius 1 is 1.03 bits per heavy atom. The van der Waals surface area contributed by atoms with E-state index in [1.807, 2.05) is 6.20 Å². The van der Waals surface area contributed by atoms with Crippen LogP contribution in [0.3, 0.4) is 0 Å². The largest absolute Gasteiger partial charge is 0.477 e. The molecule has 0 radical (unpaired) electrons. The SMILES string of the molecule is O=C(COc1c(F)c(F)c(F)c(F)c1F)Nc1ccc2[nH]cc(CCN3CCOCC3)c2c1. The van der Waals surface area contributed by atoms with Gasteiger partial charge < -0.3 is 19.8 Å². The third-order valence-electron chi connectivity index (χ3n) is 5.37. The monoisotopic (exact) mass is 469 g/mol. The third-order valence-corrected chi connectivity index (χ3v) is 5.37. The summed E-state index contributed by atoms with van der Waals surface area (Å²) in [7, 11) is 0. The number of hydrogen-bond acceptors (Lipinski definition) is 4. The second-order valence-electron chi connectivity index (χ2n) is 7.51. The van der Waals surface area contributed by atoms with Crippen molar-refractivity contribution < 1.29 is 36.2 Å². The second kappa shape index (κ2) is 9.75. The Balaban J connectivity index is 1.41. The number of nitrogens with zero attached hydrogens (tertiary/aromatic N) is 1. The molecule has 11 heteroatoms. The predicted octanol–water partition coefficient (Wildman–Crippen LogP) is 3.76. The van der Waals surface area contributed by atoms with E-state index in [1.165, 1.54) is 0 Å². The number of rotatable bonds is 7. The summed E-state index contributed by atoms with van der Waals surface area (Å²) in [5, 5.41) is 3.39. The minimum absolute atomic E-state index is 0.390. The van der Waals surface area contributed by atoms with E-state index in [1.54, 1.807) is 18.2 Å². The maximum Gasteiger partial charge on any atom is 0.262 e. The minimum atomic E-state index is -2.30. The minimum Gasteiger partial charge on any atom is -0.477 e. The number of halogens is 5. The Bertz CT molecular complexity index is 1150. The summed E-state index contributed by atoms with van der Waals surface area (Å²) in [6.07, 6.45) is 2.67. The van der Waals surface area contributed by atoms with E-state index in [0.29, 0.717) is 18.9 Å². The summed E-state index contributed by atoms with van der Waals surface area (Å²) in [6.45, 7) is 3.05. The summed E-state index contributed by atoms with van der Waals surface area (Å²) < 4.78 is 76.9. The fraction of sp³-hybridized carbons (Fsp3) is 0.318. The molecule has 1 aromatic heterocycles. The van der Waals surface area contributed by atoms with Gasteiger partial charge >= 0.3 is 0 Å². The average molecular weight is 469 g/mol. The molecule has 0 atom stereocenters. The Kier molecular flexibility index (Phi) is 6.80. The highest BCUT2D eigenvalue weighted by Gasteiger charge is 2.27. The Morgan fingerprint density at radius 3 is 2.39 bits per heavy atom. The molecule has 1 aliphatic rings. The molecular formula is C22H20F5N3O3. The molecule has 1 saturated heterocycles. The van der Waals surface area contributed by atoms with Gasteiger partial charge in [0.05, 0.1) is 13.2 Å². The topological polar surface area (TPSA) is 66.6 Å². The number of amides is 1. The van der Waals surface area contributed by atoms with E-state index in [4.69, 9.17) is 4.74 Å². The lowest BCUT2D eigenvalue weighted by atomic mass is 10.1. The number of morpholine rings is 1. The average Bonchev–Trinajstić information content (AvgIpc) is 3.23. The molecule has 176 valence electrons. The summed E-state index contributed by atoms with van der Waals surface area (Å²) in [4.78, 5) is 17.6. The summed E-state index contributed by atoms with van der Waals surface area (Å²) >= 11 is 0. The van der Waals surface area contributed by atoms with Gasteiger partial charge in [-0.05, 0) is 30.2 Å². The number of H-pyrrole nitrogens is 1. The fourth-order valence-corrected chi connectivity index (χ4v) is 3.61. The van der Waals surface area contributed by atoms with Crippen LogP contribution in [0.2, 0.25) is 0 Å². The fourth-order valence-electron chi connectivity index (χ4n) is 3.61. The van der Waals surface area contributed by atoms with Crippen LogP contribution in [-0.4, -0.2) is 55.2 Å². The van der Waals surface area contributed by atoms with E-state index in [-0.39, 0.29) is 0 Å². The number of benzene rings is 2. The lowest BCUT2D eigenvalue weighted by molar-refractivity contribution is -0.118. The van der Waals surface area contributed by atoms with Crippen molar-refractivity contribution in [1.29, 1.82) is 0 Å². The van der Waals surface area contributed by atoms with Gasteiger partial charge in [0.15, 0.2) is 12.4 Å². The number of carbonyl (C=O) groups excluding carboxylic acids is 1. The number of ether oxygens (including phenoxy) is 2. The van der Waals surface area contributed by atoms with Crippen molar-refractivity contribution in [2.24, 2.45) is 0 Å². The van der Waals surface area contributed by atoms with Gasteiger partial charge in [-0.1, -0.05) is 0 Å². The van der Waals surface area contributed by atoms with E-state index in [9.17, 15) is 26.7 Å². The molecule has 2 aromatic carbocycles. The zero-order valence-electron chi connectivity index (χ0n) is 17.3. The maximum absolute atomic E-state index is 13.7. The number of nitrogens with one attached hydrogen (secondary N) is 2. The van der Waals surface area contributed by atoms with Gasteiger partial charge in [-0.25, -0.2) is 13.2 Å². The van der Waals surface area contributed by atoms with Crippen LogP contribution in [0.25, 0.3) is 10.9 Å². The highest BCUT2D eigenvalue weighted by atomic mass is 19.2. The Morgan fingerprint density at radius 2 is 1.70 bits per heavy atom. The third kappa shape index (κ3) is 4.93. The number of fused-ring (bicyclic) bond motifs is 1. The van der Waals surface area contributed by atoms with E-state index in [2.05, 4.69) is 19.9 Å². The highest BCUT2D eigenvalue weighted by Crippen LogP contribution is 2.29. The molecule has 0 unspecified atom stereocenters. The molecule has 2 heterocycles. The Labute approximate surface area is 185 Å². The smallest absolute Gasteiger partial charge is 0.262 e. The lowest BCUT2D eigenvalue weighted by Crippen LogP contribution is -2.37. The first-order valence-electron chi connectivity index (χ1n) is 10.2. The van der Waals surface area contributed by atoms with Gasteiger partial charge in [-0.2, -0.15) is 8.78 Å². The van der Waals surface area contributed by atoms with Crippen molar-refractivity contribution in [1.82, 2.24) is 9.88 Å². The zero-order chi connectivity index (χ0) is 23.5. The summed E-state index contributed by atoms with van der Waals surface area (Å²) in [5.41, 5.74) is 2.30. The predicted molar refractivity (Wildman–Crippen MR) is 110 cm³/mol. The zero-order valence-corrected chi connectivity index (χ0v) is 17.3. The maximum atomic E-state index is 13.7. The van der Waals surface area contributed by atoms with Crippen molar-refractivity contribution in [3.63, 3.8) is 0 Å². The summed E-state index contributed by atoms with van der Waals surface area (Å²) in [6, 6.07) is 5.10. The molecule has 4 rings (SSSR count). The van der Waals surface area contributed by atoms with Crippen molar-refractivity contribution in [3.8, 4) is 5.75 Å². The van der Waals surface area contributed by atoms with Crippen molar-refractivity contribution >= 4 is 22.5 Å². The standard InChI is InChI=1S/C22H20F5N3O3/c23-17-18(24)20(26)22(21(27)19(17)25)33-11-16(31)29-13-1-2-15-14(9-13)12(10-28-15)3-4-30-5-7-32-8-6-30/h1-2,9-10,28H,3-8,11H2,(H,29,31). The van der Waals surface area contributed by atoms with Gasteiger partial charge in [-0.15, -0.1) is 0 Å². The van der Waals surface area contributed by atoms with E-state index >= 15 is 0 Å². The molecule has 6 nitrogen and oxygen atoms in total. The quantitative estimate of drug-likeness (QED) is 0.314. The number of hydrogen-bond donors (Lipinski definition) is 2. The van der Waals surface area contributed by atoms with E-state index in [0.717, 1.165) is 42.5 Å². The molecule has 33 heavy (non-hydrogen) atoms. The molecule has 1 amide bonds. The van der Waals surface area contributed by atoms with Gasteiger partial charge in [-0.3, -0.25) is 9.69 Å². The number of anilines is 1. The molecule has 1 aliphatic heterocycles. The number of carbonyl (C=O) groups is 1. The van der Waals surface area contributed by atoms with Crippen molar-refractivity contribution in [2.75, 3.05) is 44.8 Å². The summed E-state index contributed by atoms with van der Waals surface area (Å²) in [5.74, 6) is -13.2. The first kappa shape index (κ1) is 23.0. The lowest BCUT2D eigenvalue weighted by Gasteiger charge is -2.26. The molecule has 0 aliphatic carbocycles. The second-order valence-corrected chi connectivity index (χ2v) is 7.51. The molecule has 3 aromatic rings. The van der Waals surface area contributed by atoms with Crippen LogP contribution >= 0.6 is 0 Å². The van der Waals surface area contributed by atoms with Gasteiger partial charge in [0, 0.05) is 42.4 Å². The number of aromatic nitrogens is 1. The van der Waals surface area contributed by atoms with E-state index < -0.39 is 47.3 Å². The van der Waals surface area contributed by atoms with Crippen LogP contribution < -0.4 is 10.1 Å². The van der Waals surface area contributed by atoms with Crippen LogP contribution in [0.1, 0.15) is 5.56 Å². The first-order chi connectivity index (χ1) is 15.8. The molecule has 1 fully saturated rings. The van der Waals surface area contributed by atoms with Crippen LogP contribution in [0.4, 0.5) is 27.6 Å². The van der Waals surface area contributed by atoms with Crippen LogP contribution in [0, 0.1) is 29.1 Å². The van der Waals surface area contributed by atoms with Crippen LogP contribution in [-0.2, 0) is 16.0 Å².